The van der Waals surface area contributed by atoms with Gasteiger partial charge in [0.05, 0.1) is 11.9 Å². The fourth-order valence-electron chi connectivity index (χ4n) is 1.94. The highest BCUT2D eigenvalue weighted by atomic mass is 15.3. The van der Waals surface area contributed by atoms with E-state index >= 15 is 0 Å². The van der Waals surface area contributed by atoms with E-state index in [4.69, 9.17) is 0 Å². The van der Waals surface area contributed by atoms with Gasteiger partial charge in [0, 0.05) is 37.9 Å². The van der Waals surface area contributed by atoms with Crippen molar-refractivity contribution in [1.29, 1.82) is 0 Å². The van der Waals surface area contributed by atoms with E-state index in [9.17, 15) is 0 Å². The molecular weight excluding hydrogens is 188 g/mol. The Bertz CT molecular complexity index is 318. The van der Waals surface area contributed by atoms with Crippen molar-refractivity contribution < 1.29 is 0 Å². The van der Waals surface area contributed by atoms with Crippen LogP contribution in [-0.2, 0) is 0 Å². The van der Waals surface area contributed by atoms with Crippen LogP contribution in [0.25, 0.3) is 0 Å². The molecule has 0 amide bonds. The van der Waals surface area contributed by atoms with E-state index in [1.165, 1.54) is 5.69 Å². The molecule has 1 atom stereocenters. The van der Waals surface area contributed by atoms with Crippen LogP contribution in [0.5, 0.6) is 0 Å². The smallest absolute Gasteiger partial charge is 0.0753 e. The summed E-state index contributed by atoms with van der Waals surface area (Å²) in [6.45, 7) is 9.74. The van der Waals surface area contributed by atoms with Gasteiger partial charge in [0.15, 0.2) is 0 Å². The lowest BCUT2D eigenvalue weighted by molar-refractivity contribution is 0.484. The molecule has 84 valence electrons. The van der Waals surface area contributed by atoms with Gasteiger partial charge in [-0.05, 0) is 20.8 Å². The first-order valence-electron chi connectivity index (χ1n) is 5.69. The Morgan fingerprint density at radius 1 is 1.53 bits per heavy atom. The van der Waals surface area contributed by atoms with Gasteiger partial charge in [0.25, 0.3) is 0 Å². The number of aromatic nitrogens is 2. The van der Waals surface area contributed by atoms with E-state index in [1.807, 2.05) is 10.9 Å². The molecule has 1 aliphatic rings. The van der Waals surface area contributed by atoms with Crippen molar-refractivity contribution in [2.45, 2.75) is 32.9 Å². The summed E-state index contributed by atoms with van der Waals surface area (Å²) < 4.78 is 2.02. The summed E-state index contributed by atoms with van der Waals surface area (Å²) in [6.07, 6.45) is 4.11. The fraction of sp³-hybridized carbons (Fsp3) is 0.727. The predicted molar refractivity (Wildman–Crippen MR) is 62.3 cm³/mol. The van der Waals surface area contributed by atoms with Gasteiger partial charge in [-0.15, -0.1) is 0 Å². The van der Waals surface area contributed by atoms with Crippen molar-refractivity contribution in [3.8, 4) is 0 Å². The minimum Gasteiger partial charge on any atom is -0.366 e. The molecule has 1 fully saturated rings. The number of piperazine rings is 1. The molecule has 2 heterocycles. The summed E-state index contributed by atoms with van der Waals surface area (Å²) >= 11 is 0. The van der Waals surface area contributed by atoms with E-state index in [-0.39, 0.29) is 0 Å². The molecule has 4 nitrogen and oxygen atoms in total. The average molecular weight is 208 g/mol. The fourth-order valence-corrected chi connectivity index (χ4v) is 1.94. The monoisotopic (exact) mass is 208 g/mol. The van der Waals surface area contributed by atoms with Crippen molar-refractivity contribution >= 4 is 5.69 Å². The Labute approximate surface area is 91.3 Å². The van der Waals surface area contributed by atoms with Crippen LogP contribution in [0.3, 0.4) is 0 Å². The molecule has 0 radical (unpaired) electrons. The Balaban J connectivity index is 2.08. The number of nitrogens with one attached hydrogen (secondary N) is 1. The number of nitrogens with zero attached hydrogens (tertiary/aromatic N) is 3. The molecule has 0 aliphatic carbocycles. The van der Waals surface area contributed by atoms with Gasteiger partial charge in [-0.1, -0.05) is 0 Å². The van der Waals surface area contributed by atoms with Crippen molar-refractivity contribution in [3.63, 3.8) is 0 Å². The van der Waals surface area contributed by atoms with E-state index in [2.05, 4.69) is 42.3 Å². The third kappa shape index (κ3) is 2.31. The third-order valence-corrected chi connectivity index (χ3v) is 2.85. The second kappa shape index (κ2) is 4.23. The van der Waals surface area contributed by atoms with Crippen molar-refractivity contribution in [2.75, 3.05) is 24.5 Å². The van der Waals surface area contributed by atoms with Crippen LogP contribution in [0.4, 0.5) is 5.69 Å². The molecule has 1 aromatic rings. The van der Waals surface area contributed by atoms with Crippen LogP contribution >= 0.6 is 0 Å². The molecule has 2 rings (SSSR count). The van der Waals surface area contributed by atoms with Gasteiger partial charge < -0.3 is 10.2 Å². The van der Waals surface area contributed by atoms with Gasteiger partial charge in [-0.3, -0.25) is 4.68 Å². The highest BCUT2D eigenvalue weighted by Crippen LogP contribution is 2.16. The third-order valence-electron chi connectivity index (χ3n) is 2.85. The molecule has 0 spiro atoms. The summed E-state index contributed by atoms with van der Waals surface area (Å²) in [6, 6.07) is 1.01. The maximum Gasteiger partial charge on any atom is 0.0753 e. The van der Waals surface area contributed by atoms with Crippen LogP contribution in [0.2, 0.25) is 0 Å². The molecular formula is C11H20N4. The van der Waals surface area contributed by atoms with Crippen molar-refractivity contribution in [1.82, 2.24) is 15.1 Å². The summed E-state index contributed by atoms with van der Waals surface area (Å²) in [5.74, 6) is 0. The quantitative estimate of drug-likeness (QED) is 0.794. The highest BCUT2D eigenvalue weighted by Gasteiger charge is 2.17. The zero-order valence-corrected chi connectivity index (χ0v) is 9.77. The van der Waals surface area contributed by atoms with Gasteiger partial charge in [0.2, 0.25) is 0 Å². The van der Waals surface area contributed by atoms with Crippen LogP contribution < -0.4 is 10.2 Å². The van der Waals surface area contributed by atoms with Gasteiger partial charge in [-0.2, -0.15) is 5.10 Å². The molecule has 4 heteroatoms. The summed E-state index contributed by atoms with van der Waals surface area (Å²) in [5.41, 5.74) is 1.25. The first-order chi connectivity index (χ1) is 7.16. The lowest BCUT2D eigenvalue weighted by Gasteiger charge is -2.32. The second-order valence-corrected chi connectivity index (χ2v) is 4.57. The first-order valence-corrected chi connectivity index (χ1v) is 5.69. The molecule has 1 saturated heterocycles. The maximum atomic E-state index is 4.37. The van der Waals surface area contributed by atoms with Gasteiger partial charge in [0.1, 0.15) is 0 Å². The molecule has 1 aliphatic heterocycles. The number of anilines is 1. The largest absolute Gasteiger partial charge is 0.366 e. The van der Waals surface area contributed by atoms with E-state index in [1.54, 1.807) is 0 Å². The highest BCUT2D eigenvalue weighted by molar-refractivity contribution is 5.43. The maximum absolute atomic E-state index is 4.37. The van der Waals surface area contributed by atoms with Crippen LogP contribution in [0.15, 0.2) is 12.4 Å². The first kappa shape index (κ1) is 10.5. The van der Waals surface area contributed by atoms with Crippen molar-refractivity contribution in [3.05, 3.63) is 12.4 Å². The minimum atomic E-state index is 0.444. The molecule has 1 N–H and O–H groups in total. The zero-order valence-electron chi connectivity index (χ0n) is 9.77. The van der Waals surface area contributed by atoms with Crippen LogP contribution in [-0.4, -0.2) is 35.5 Å². The Morgan fingerprint density at radius 2 is 2.33 bits per heavy atom. The second-order valence-electron chi connectivity index (χ2n) is 4.57. The van der Waals surface area contributed by atoms with E-state index in [0.29, 0.717) is 12.1 Å². The Hall–Kier alpha value is -1.03. The SMILES string of the molecule is CC1CN(c2cnn(C(C)C)c2)CCN1. The number of rotatable bonds is 2. The molecule has 1 unspecified atom stereocenters. The normalized spacial score (nSPS) is 22.4. The van der Waals surface area contributed by atoms with Gasteiger partial charge >= 0.3 is 0 Å². The van der Waals surface area contributed by atoms with Crippen LogP contribution in [0, 0.1) is 0 Å². The number of hydrogen-bond acceptors (Lipinski definition) is 3. The lowest BCUT2D eigenvalue weighted by Crippen LogP contribution is -2.49. The molecule has 0 saturated carbocycles. The lowest BCUT2D eigenvalue weighted by atomic mass is 10.2. The van der Waals surface area contributed by atoms with Crippen molar-refractivity contribution in [2.24, 2.45) is 0 Å². The summed E-state index contributed by atoms with van der Waals surface area (Å²) in [4.78, 5) is 2.40. The van der Waals surface area contributed by atoms with E-state index < -0.39 is 0 Å². The Kier molecular flexibility index (Phi) is 2.95. The predicted octanol–water partition coefficient (Wildman–Crippen LogP) is 1.26. The topological polar surface area (TPSA) is 33.1 Å². The summed E-state index contributed by atoms with van der Waals surface area (Å²) in [7, 11) is 0. The number of hydrogen-bond donors (Lipinski definition) is 1. The minimum absolute atomic E-state index is 0.444. The molecule has 15 heavy (non-hydrogen) atoms. The van der Waals surface area contributed by atoms with Crippen LogP contribution in [0.1, 0.15) is 26.8 Å². The Morgan fingerprint density at radius 3 is 2.93 bits per heavy atom. The summed E-state index contributed by atoms with van der Waals surface area (Å²) in [5, 5.41) is 7.81. The van der Waals surface area contributed by atoms with E-state index in [0.717, 1.165) is 19.6 Å². The zero-order chi connectivity index (χ0) is 10.8. The average Bonchev–Trinajstić information content (AvgIpc) is 2.66. The molecule has 0 bridgehead atoms. The molecule has 1 aromatic heterocycles. The van der Waals surface area contributed by atoms with Gasteiger partial charge in [-0.25, -0.2) is 0 Å². The molecule has 0 aromatic carbocycles. The standard InChI is InChI=1S/C11H20N4/c1-9(2)15-8-11(6-13-15)14-5-4-12-10(3)7-14/h6,8-10,12H,4-5,7H2,1-3H3.